The summed E-state index contributed by atoms with van der Waals surface area (Å²) in [5, 5.41) is 9.65. The van der Waals surface area contributed by atoms with Gasteiger partial charge in [-0.3, -0.25) is 4.79 Å². The van der Waals surface area contributed by atoms with Crippen LogP contribution in [0.15, 0.2) is 65.6 Å². The first kappa shape index (κ1) is 29.2. The van der Waals surface area contributed by atoms with Crippen molar-refractivity contribution in [1.82, 2.24) is 4.31 Å². The molecule has 0 saturated heterocycles. The van der Waals surface area contributed by atoms with E-state index in [0.717, 1.165) is 17.7 Å². The summed E-state index contributed by atoms with van der Waals surface area (Å²) in [5.74, 6) is -2.28. The van der Waals surface area contributed by atoms with Gasteiger partial charge in [-0.1, -0.05) is 30.3 Å². The van der Waals surface area contributed by atoms with Crippen LogP contribution >= 0.6 is 0 Å². The van der Waals surface area contributed by atoms with Crippen molar-refractivity contribution in [2.75, 3.05) is 13.7 Å². The molecule has 214 valence electrons. The van der Waals surface area contributed by atoms with Gasteiger partial charge in [0.05, 0.1) is 20.1 Å². The maximum Gasteiger partial charge on any atom is 0.573 e. The highest BCUT2D eigenvalue weighted by Crippen LogP contribution is 2.37. The lowest BCUT2D eigenvalue weighted by atomic mass is 9.86. The normalized spacial score (nSPS) is 17.7. The number of fused-ring (bicyclic) bond motifs is 1. The second kappa shape index (κ2) is 11.4. The van der Waals surface area contributed by atoms with E-state index in [1.807, 2.05) is 0 Å². The second-order valence-electron chi connectivity index (χ2n) is 9.50. The van der Waals surface area contributed by atoms with E-state index in [-0.39, 0.29) is 35.0 Å². The molecule has 2 atom stereocenters. The number of ether oxygens (including phenoxy) is 3. The smallest absolute Gasteiger partial charge is 0.497 e. The predicted molar refractivity (Wildman–Crippen MR) is 139 cm³/mol. The van der Waals surface area contributed by atoms with Gasteiger partial charge in [-0.15, -0.1) is 13.2 Å². The van der Waals surface area contributed by atoms with Crippen LogP contribution in [-0.4, -0.2) is 49.9 Å². The number of methoxy groups -OCH3 is 1. The number of aryl methyl sites for hydroxylation is 1. The van der Waals surface area contributed by atoms with Crippen LogP contribution in [-0.2, 0) is 21.4 Å². The van der Waals surface area contributed by atoms with E-state index in [2.05, 4.69) is 4.74 Å². The number of carboxylic acid groups (broad SMARTS) is 1. The maximum atomic E-state index is 13.5. The van der Waals surface area contributed by atoms with E-state index in [4.69, 9.17) is 9.47 Å². The summed E-state index contributed by atoms with van der Waals surface area (Å²) < 4.78 is 82.3. The third kappa shape index (κ3) is 6.68. The molecule has 40 heavy (non-hydrogen) atoms. The van der Waals surface area contributed by atoms with Crippen LogP contribution in [0.4, 0.5) is 13.2 Å². The lowest BCUT2D eigenvalue weighted by molar-refractivity contribution is -0.274. The zero-order chi connectivity index (χ0) is 29.2. The number of hydrogen-bond donors (Lipinski definition) is 1. The minimum absolute atomic E-state index is 0.0234. The first-order valence-electron chi connectivity index (χ1n) is 12.3. The number of alkyl halides is 3. The van der Waals surface area contributed by atoms with Crippen molar-refractivity contribution in [3.8, 4) is 17.2 Å². The zero-order valence-corrected chi connectivity index (χ0v) is 22.8. The molecule has 0 saturated carbocycles. The molecule has 0 fully saturated rings. The number of sulfonamides is 1. The van der Waals surface area contributed by atoms with Crippen LogP contribution in [0.1, 0.15) is 41.5 Å². The molecule has 1 aliphatic heterocycles. The zero-order valence-electron chi connectivity index (χ0n) is 21.9. The Kier molecular flexibility index (Phi) is 8.31. The molecule has 4 rings (SSSR count). The molecule has 0 aromatic heterocycles. The molecule has 2 unspecified atom stereocenters. The van der Waals surface area contributed by atoms with Gasteiger partial charge >= 0.3 is 12.3 Å². The first-order chi connectivity index (χ1) is 18.8. The van der Waals surface area contributed by atoms with Crippen LogP contribution < -0.4 is 14.2 Å². The van der Waals surface area contributed by atoms with E-state index in [1.54, 1.807) is 50.2 Å². The number of halogens is 3. The van der Waals surface area contributed by atoms with Gasteiger partial charge in [-0.25, -0.2) is 8.42 Å². The molecule has 12 heteroatoms. The van der Waals surface area contributed by atoms with E-state index in [9.17, 15) is 31.5 Å². The molecule has 0 amide bonds. The average molecular weight is 580 g/mol. The van der Waals surface area contributed by atoms with Crippen molar-refractivity contribution >= 4 is 16.0 Å². The van der Waals surface area contributed by atoms with Crippen LogP contribution in [0.5, 0.6) is 17.2 Å². The summed E-state index contributed by atoms with van der Waals surface area (Å²) in [5.41, 5.74) is 2.07. The van der Waals surface area contributed by atoms with Gasteiger partial charge < -0.3 is 19.3 Å². The van der Waals surface area contributed by atoms with E-state index in [1.165, 1.54) is 23.5 Å². The van der Waals surface area contributed by atoms with Crippen molar-refractivity contribution in [2.24, 2.45) is 0 Å². The van der Waals surface area contributed by atoms with Crippen LogP contribution in [0.25, 0.3) is 0 Å². The van der Waals surface area contributed by atoms with Crippen LogP contribution in [0.2, 0.25) is 0 Å². The number of rotatable bonds is 8. The summed E-state index contributed by atoms with van der Waals surface area (Å²) in [7, 11) is -2.65. The van der Waals surface area contributed by atoms with Gasteiger partial charge in [-0.2, -0.15) is 4.31 Å². The molecule has 1 N–H and O–H groups in total. The van der Waals surface area contributed by atoms with Gasteiger partial charge in [0.15, 0.2) is 0 Å². The molecule has 0 aliphatic carbocycles. The molecule has 1 aliphatic rings. The first-order valence-corrected chi connectivity index (χ1v) is 13.7. The number of carboxylic acids is 1. The lowest BCUT2D eigenvalue weighted by Crippen LogP contribution is -2.35. The monoisotopic (exact) mass is 579 g/mol. The van der Waals surface area contributed by atoms with Crippen molar-refractivity contribution in [3.05, 3.63) is 82.9 Å². The Bertz CT molecular complexity index is 1510. The SMILES string of the molecule is COc1cc(OC(F)(F)F)cc(C(CC(=O)O)c2ccc(C)c(CN3CC(C)Oc4ccccc4S3(=O)=O)c2)c1. The molecule has 3 aromatic rings. The van der Waals surface area contributed by atoms with Gasteiger partial charge in [-0.05, 0) is 60.4 Å². The fourth-order valence-electron chi connectivity index (χ4n) is 4.66. The van der Waals surface area contributed by atoms with Crippen LogP contribution in [0.3, 0.4) is 0 Å². The Morgan fingerprint density at radius 3 is 2.48 bits per heavy atom. The molecular weight excluding hydrogens is 551 g/mol. The summed E-state index contributed by atoms with van der Waals surface area (Å²) in [6.07, 6.45) is -5.84. The van der Waals surface area contributed by atoms with Crippen molar-refractivity contribution in [3.63, 3.8) is 0 Å². The molecule has 0 radical (unpaired) electrons. The van der Waals surface area contributed by atoms with Crippen molar-refractivity contribution < 1.29 is 45.7 Å². The molecule has 1 heterocycles. The predicted octanol–water partition coefficient (Wildman–Crippen LogP) is 5.48. The van der Waals surface area contributed by atoms with Crippen molar-refractivity contribution in [2.45, 2.75) is 50.1 Å². The number of para-hydroxylation sites is 1. The highest BCUT2D eigenvalue weighted by molar-refractivity contribution is 7.89. The number of carbonyl (C=O) groups is 1. The van der Waals surface area contributed by atoms with E-state index >= 15 is 0 Å². The molecule has 0 bridgehead atoms. The summed E-state index contributed by atoms with van der Waals surface area (Å²) in [4.78, 5) is 11.9. The summed E-state index contributed by atoms with van der Waals surface area (Å²) >= 11 is 0. The standard InChI is InChI=1S/C28H28F3NO7S/c1-17-8-9-19(24(14-27(33)34)20-11-22(37-3)13-23(12-20)39-28(29,30)31)10-21(17)16-32-15-18(2)38-25-6-4-5-7-26(25)40(32,35)36/h4-13,18,24H,14-16H2,1-3H3,(H,33,34). The number of benzene rings is 3. The fourth-order valence-corrected chi connectivity index (χ4v) is 6.28. The maximum absolute atomic E-state index is 13.5. The largest absolute Gasteiger partial charge is 0.573 e. The van der Waals surface area contributed by atoms with Gasteiger partial charge in [0.25, 0.3) is 0 Å². The number of aliphatic carboxylic acids is 1. The van der Waals surface area contributed by atoms with Crippen LogP contribution in [0, 0.1) is 6.92 Å². The van der Waals surface area contributed by atoms with Gasteiger partial charge in [0, 0.05) is 18.5 Å². The molecular formula is C28H28F3NO7S. The second-order valence-corrected chi connectivity index (χ2v) is 11.4. The minimum atomic E-state index is -4.96. The quantitative estimate of drug-likeness (QED) is 0.377. The minimum Gasteiger partial charge on any atom is -0.497 e. The average Bonchev–Trinajstić information content (AvgIpc) is 2.95. The Balaban J connectivity index is 1.75. The Hall–Kier alpha value is -3.77. The Morgan fingerprint density at radius 2 is 1.80 bits per heavy atom. The molecule has 8 nitrogen and oxygen atoms in total. The highest BCUT2D eigenvalue weighted by atomic mass is 32.2. The topological polar surface area (TPSA) is 102 Å². The van der Waals surface area contributed by atoms with E-state index < -0.39 is 46.5 Å². The number of hydrogen-bond acceptors (Lipinski definition) is 6. The highest BCUT2D eigenvalue weighted by Gasteiger charge is 2.34. The van der Waals surface area contributed by atoms with Gasteiger partial charge in [0.2, 0.25) is 10.0 Å². The lowest BCUT2D eigenvalue weighted by Gasteiger charge is -2.24. The van der Waals surface area contributed by atoms with Crippen molar-refractivity contribution in [1.29, 1.82) is 0 Å². The van der Waals surface area contributed by atoms with Gasteiger partial charge in [0.1, 0.15) is 28.2 Å². The molecule has 0 spiro atoms. The molecule has 3 aromatic carbocycles. The Morgan fingerprint density at radius 1 is 1.10 bits per heavy atom. The number of nitrogens with zero attached hydrogens (tertiary/aromatic N) is 1. The Labute approximate surface area is 230 Å². The van der Waals surface area contributed by atoms with E-state index in [0.29, 0.717) is 11.1 Å². The summed E-state index contributed by atoms with van der Waals surface area (Å²) in [6, 6.07) is 15.1. The third-order valence-electron chi connectivity index (χ3n) is 6.53. The fraction of sp³-hybridized carbons (Fsp3) is 0.321. The summed E-state index contributed by atoms with van der Waals surface area (Å²) in [6.45, 7) is 3.61. The third-order valence-corrected chi connectivity index (χ3v) is 8.38.